The lowest BCUT2D eigenvalue weighted by molar-refractivity contribution is -0.275. The van der Waals surface area contributed by atoms with Crippen molar-refractivity contribution in [2.45, 2.75) is 26.8 Å². The molecule has 2 aromatic rings. The third kappa shape index (κ3) is 5.16. The van der Waals surface area contributed by atoms with Gasteiger partial charge in [-0.05, 0) is 23.6 Å². The van der Waals surface area contributed by atoms with Gasteiger partial charge in [-0.15, -0.1) is 13.2 Å². The second kappa shape index (κ2) is 7.57. The Morgan fingerprint density at radius 3 is 2.58 bits per heavy atom. The molecular formula is C16H20F3N3O2. The van der Waals surface area contributed by atoms with E-state index in [9.17, 15) is 13.2 Å². The highest BCUT2D eigenvalue weighted by Gasteiger charge is 2.32. The average Bonchev–Trinajstić information content (AvgIpc) is 2.93. The summed E-state index contributed by atoms with van der Waals surface area (Å²) < 4.78 is 48.8. The number of nitrogens with two attached hydrogens (primary N) is 1. The normalized spacial score (nSPS) is 11.8. The molecule has 1 aromatic heterocycles. The minimum absolute atomic E-state index is 0.0464. The summed E-state index contributed by atoms with van der Waals surface area (Å²) in [6.45, 7) is 5.11. The van der Waals surface area contributed by atoms with Gasteiger partial charge in [-0.25, -0.2) is 0 Å². The van der Waals surface area contributed by atoms with E-state index < -0.39 is 6.36 Å². The summed E-state index contributed by atoms with van der Waals surface area (Å²) >= 11 is 0. The molecule has 0 amide bonds. The molecule has 1 heterocycles. The van der Waals surface area contributed by atoms with E-state index in [0.717, 1.165) is 5.56 Å². The first kappa shape index (κ1) is 18.1. The number of benzene rings is 1. The Morgan fingerprint density at radius 2 is 1.96 bits per heavy atom. The SMILES string of the molecule is CC(C)COc1cc(-c2cnn(CCN)c2)ccc1OC(F)(F)F. The van der Waals surface area contributed by atoms with Crippen LogP contribution in [-0.4, -0.2) is 29.3 Å². The first-order chi connectivity index (χ1) is 11.3. The van der Waals surface area contributed by atoms with Gasteiger partial charge in [0.15, 0.2) is 11.5 Å². The molecule has 0 spiro atoms. The molecule has 0 saturated carbocycles. The number of rotatable bonds is 7. The molecule has 2 N–H and O–H groups in total. The van der Waals surface area contributed by atoms with Crippen molar-refractivity contribution in [3.8, 4) is 22.6 Å². The Kier molecular flexibility index (Phi) is 5.71. The molecule has 0 unspecified atom stereocenters. The number of hydrogen-bond acceptors (Lipinski definition) is 4. The zero-order valence-corrected chi connectivity index (χ0v) is 13.5. The van der Waals surface area contributed by atoms with Gasteiger partial charge < -0.3 is 15.2 Å². The van der Waals surface area contributed by atoms with Crippen LogP contribution < -0.4 is 15.2 Å². The van der Waals surface area contributed by atoms with Crippen LogP contribution in [0.2, 0.25) is 0 Å². The number of aromatic nitrogens is 2. The average molecular weight is 343 g/mol. The Balaban J connectivity index is 2.30. The van der Waals surface area contributed by atoms with E-state index in [1.54, 1.807) is 17.1 Å². The molecule has 2 rings (SSSR count). The smallest absolute Gasteiger partial charge is 0.489 e. The van der Waals surface area contributed by atoms with E-state index in [1.165, 1.54) is 18.2 Å². The van der Waals surface area contributed by atoms with Crippen molar-refractivity contribution in [2.75, 3.05) is 13.2 Å². The van der Waals surface area contributed by atoms with Crippen molar-refractivity contribution in [3.05, 3.63) is 30.6 Å². The lowest BCUT2D eigenvalue weighted by Crippen LogP contribution is -2.18. The molecule has 0 aliphatic heterocycles. The third-order valence-corrected chi connectivity index (χ3v) is 3.07. The maximum Gasteiger partial charge on any atom is 0.573 e. The number of hydrogen-bond donors (Lipinski definition) is 1. The van der Waals surface area contributed by atoms with Crippen molar-refractivity contribution in [1.82, 2.24) is 9.78 Å². The van der Waals surface area contributed by atoms with Gasteiger partial charge >= 0.3 is 6.36 Å². The summed E-state index contributed by atoms with van der Waals surface area (Å²) in [5.74, 6) is -0.147. The lowest BCUT2D eigenvalue weighted by Gasteiger charge is -2.16. The van der Waals surface area contributed by atoms with Crippen LogP contribution in [0, 0.1) is 5.92 Å². The highest BCUT2D eigenvalue weighted by atomic mass is 19.4. The van der Waals surface area contributed by atoms with Gasteiger partial charge in [0.2, 0.25) is 0 Å². The van der Waals surface area contributed by atoms with Gasteiger partial charge in [0.05, 0.1) is 19.3 Å². The Labute approximate surface area is 138 Å². The van der Waals surface area contributed by atoms with Crippen LogP contribution in [0.5, 0.6) is 11.5 Å². The molecule has 0 radical (unpaired) electrons. The van der Waals surface area contributed by atoms with Crippen molar-refractivity contribution >= 4 is 0 Å². The van der Waals surface area contributed by atoms with Crippen molar-refractivity contribution < 1.29 is 22.6 Å². The van der Waals surface area contributed by atoms with Crippen LogP contribution in [0.3, 0.4) is 0 Å². The molecule has 24 heavy (non-hydrogen) atoms. The summed E-state index contributed by atoms with van der Waals surface area (Å²) in [7, 11) is 0. The maximum absolute atomic E-state index is 12.5. The summed E-state index contributed by atoms with van der Waals surface area (Å²) in [6.07, 6.45) is -1.37. The van der Waals surface area contributed by atoms with Crippen molar-refractivity contribution in [3.63, 3.8) is 0 Å². The Morgan fingerprint density at radius 1 is 1.21 bits per heavy atom. The zero-order chi connectivity index (χ0) is 17.7. The van der Waals surface area contributed by atoms with E-state index in [4.69, 9.17) is 10.5 Å². The first-order valence-corrected chi connectivity index (χ1v) is 7.54. The number of ether oxygens (including phenoxy) is 2. The van der Waals surface area contributed by atoms with Crippen molar-refractivity contribution in [1.29, 1.82) is 0 Å². The maximum atomic E-state index is 12.5. The van der Waals surface area contributed by atoms with E-state index in [0.29, 0.717) is 18.7 Å². The minimum Gasteiger partial charge on any atom is -0.489 e. The predicted molar refractivity (Wildman–Crippen MR) is 83.7 cm³/mol. The number of halogens is 3. The first-order valence-electron chi connectivity index (χ1n) is 7.54. The van der Waals surface area contributed by atoms with E-state index in [2.05, 4.69) is 9.84 Å². The van der Waals surface area contributed by atoms with Crippen LogP contribution in [0.15, 0.2) is 30.6 Å². The van der Waals surface area contributed by atoms with E-state index >= 15 is 0 Å². The Bertz CT molecular complexity index is 669. The fourth-order valence-corrected chi connectivity index (χ4v) is 2.03. The summed E-state index contributed by atoms with van der Waals surface area (Å²) in [6, 6.07) is 4.30. The lowest BCUT2D eigenvalue weighted by atomic mass is 10.1. The molecule has 0 aliphatic carbocycles. The van der Waals surface area contributed by atoms with Crippen LogP contribution >= 0.6 is 0 Å². The van der Waals surface area contributed by atoms with E-state index in [-0.39, 0.29) is 24.0 Å². The van der Waals surface area contributed by atoms with Crippen molar-refractivity contribution in [2.24, 2.45) is 11.7 Å². The second-order valence-corrected chi connectivity index (χ2v) is 5.69. The molecule has 0 aliphatic rings. The molecular weight excluding hydrogens is 323 g/mol. The van der Waals surface area contributed by atoms with E-state index in [1.807, 2.05) is 13.8 Å². The molecule has 1 aromatic carbocycles. The summed E-state index contributed by atoms with van der Waals surface area (Å²) in [5.41, 5.74) is 6.92. The topological polar surface area (TPSA) is 62.3 Å². The zero-order valence-electron chi connectivity index (χ0n) is 13.5. The van der Waals surface area contributed by atoms with Gasteiger partial charge in [0.25, 0.3) is 0 Å². The molecule has 0 atom stereocenters. The van der Waals surface area contributed by atoms with Crippen LogP contribution in [0.25, 0.3) is 11.1 Å². The molecule has 0 fully saturated rings. The largest absolute Gasteiger partial charge is 0.573 e. The quantitative estimate of drug-likeness (QED) is 0.836. The summed E-state index contributed by atoms with van der Waals surface area (Å²) in [4.78, 5) is 0. The fourth-order valence-electron chi connectivity index (χ4n) is 2.03. The van der Waals surface area contributed by atoms with Crippen LogP contribution in [0.1, 0.15) is 13.8 Å². The van der Waals surface area contributed by atoms with Crippen LogP contribution in [0.4, 0.5) is 13.2 Å². The fraction of sp³-hybridized carbons (Fsp3) is 0.438. The predicted octanol–water partition coefficient (Wildman–Crippen LogP) is 3.44. The van der Waals surface area contributed by atoms with Gasteiger partial charge in [-0.3, -0.25) is 4.68 Å². The monoisotopic (exact) mass is 343 g/mol. The molecule has 132 valence electrons. The molecule has 0 saturated heterocycles. The van der Waals surface area contributed by atoms with Gasteiger partial charge in [0.1, 0.15) is 0 Å². The highest BCUT2D eigenvalue weighted by molar-refractivity contribution is 5.66. The number of alkyl halides is 3. The summed E-state index contributed by atoms with van der Waals surface area (Å²) in [5, 5.41) is 4.15. The highest BCUT2D eigenvalue weighted by Crippen LogP contribution is 2.36. The van der Waals surface area contributed by atoms with Gasteiger partial charge in [0, 0.05) is 18.3 Å². The molecule has 5 nitrogen and oxygen atoms in total. The van der Waals surface area contributed by atoms with Gasteiger partial charge in [-0.1, -0.05) is 19.9 Å². The Hall–Kier alpha value is -2.22. The standard InChI is InChI=1S/C16H20F3N3O2/c1-11(2)10-23-15-7-12(3-4-14(15)24-16(17,18)19)13-8-21-22(9-13)6-5-20/h3-4,7-9,11H,5-6,10,20H2,1-2H3. The third-order valence-electron chi connectivity index (χ3n) is 3.07. The molecule has 8 heteroatoms. The van der Waals surface area contributed by atoms with Gasteiger partial charge in [-0.2, -0.15) is 5.10 Å². The number of nitrogens with zero attached hydrogens (tertiary/aromatic N) is 2. The van der Waals surface area contributed by atoms with Crippen LogP contribution in [-0.2, 0) is 6.54 Å². The molecule has 0 bridgehead atoms. The minimum atomic E-state index is -4.77. The second-order valence-electron chi connectivity index (χ2n) is 5.69.